The number of ether oxygens (including phenoxy) is 3. The second kappa shape index (κ2) is 10.2. The number of amides is 1. The Morgan fingerprint density at radius 1 is 1.03 bits per heavy atom. The van der Waals surface area contributed by atoms with Gasteiger partial charge in [-0.05, 0) is 30.5 Å². The van der Waals surface area contributed by atoms with Crippen molar-refractivity contribution in [3.63, 3.8) is 0 Å². The molecule has 1 aliphatic carbocycles. The Hall–Kier alpha value is -2.87. The lowest BCUT2D eigenvalue weighted by Gasteiger charge is -2.31. The van der Waals surface area contributed by atoms with Crippen LogP contribution in [-0.4, -0.2) is 51.4 Å². The maximum Gasteiger partial charge on any atom is 0.355 e. The van der Waals surface area contributed by atoms with Gasteiger partial charge in [-0.3, -0.25) is 4.79 Å². The Labute approximate surface area is 176 Å². The van der Waals surface area contributed by atoms with Crippen LogP contribution in [0, 0.1) is 0 Å². The van der Waals surface area contributed by atoms with E-state index in [2.05, 4.69) is 5.32 Å². The molecule has 1 amide bonds. The Morgan fingerprint density at radius 2 is 1.70 bits per heavy atom. The zero-order valence-electron chi connectivity index (χ0n) is 17.4. The van der Waals surface area contributed by atoms with E-state index in [1.165, 1.54) is 33.5 Å². The van der Waals surface area contributed by atoms with Gasteiger partial charge in [0.25, 0.3) is 0 Å². The van der Waals surface area contributed by atoms with Crippen LogP contribution in [-0.2, 0) is 35.0 Å². The Bertz CT molecular complexity index is 811. The fourth-order valence-electron chi connectivity index (χ4n) is 3.85. The third-order valence-corrected chi connectivity index (χ3v) is 5.42. The summed E-state index contributed by atoms with van der Waals surface area (Å²) in [6.07, 6.45) is 5.96. The quantitative estimate of drug-likeness (QED) is 0.710. The molecule has 0 radical (unpaired) electrons. The van der Waals surface area contributed by atoms with Crippen LogP contribution < -0.4 is 10.2 Å². The van der Waals surface area contributed by atoms with Crippen LogP contribution in [0.2, 0.25) is 0 Å². The van der Waals surface area contributed by atoms with Crippen LogP contribution in [0.5, 0.6) is 0 Å². The average molecular weight is 416 g/mol. The minimum atomic E-state index is -0.644. The van der Waals surface area contributed by atoms with Crippen molar-refractivity contribution in [3.05, 3.63) is 41.1 Å². The highest BCUT2D eigenvalue weighted by molar-refractivity contribution is 6.03. The van der Waals surface area contributed by atoms with Crippen molar-refractivity contribution in [2.45, 2.75) is 44.6 Å². The topological polar surface area (TPSA) is 94.2 Å². The van der Waals surface area contributed by atoms with Gasteiger partial charge in [-0.25, -0.2) is 9.59 Å². The van der Waals surface area contributed by atoms with Crippen LogP contribution in [0.15, 0.2) is 35.5 Å². The SMILES string of the molecule is COC(=O)C1=C(C(=O)OC)N(c2ccc(CC(=O)NC3CCCCC3)cc2)COC1. The highest BCUT2D eigenvalue weighted by Crippen LogP contribution is 2.27. The smallest absolute Gasteiger partial charge is 0.355 e. The lowest BCUT2D eigenvalue weighted by Crippen LogP contribution is -2.38. The minimum Gasteiger partial charge on any atom is -0.466 e. The van der Waals surface area contributed by atoms with E-state index >= 15 is 0 Å². The molecule has 1 aliphatic heterocycles. The van der Waals surface area contributed by atoms with Crippen molar-refractivity contribution in [1.29, 1.82) is 0 Å². The van der Waals surface area contributed by atoms with Gasteiger partial charge in [0, 0.05) is 11.7 Å². The normalized spacial score (nSPS) is 17.5. The van der Waals surface area contributed by atoms with E-state index in [-0.39, 0.29) is 36.6 Å². The second-order valence-corrected chi connectivity index (χ2v) is 7.46. The number of methoxy groups -OCH3 is 2. The van der Waals surface area contributed by atoms with Crippen LogP contribution in [0.1, 0.15) is 37.7 Å². The van der Waals surface area contributed by atoms with E-state index in [4.69, 9.17) is 14.2 Å². The molecular formula is C22H28N2O6. The Balaban J connectivity index is 1.73. The molecule has 0 bridgehead atoms. The van der Waals surface area contributed by atoms with E-state index in [9.17, 15) is 14.4 Å². The summed E-state index contributed by atoms with van der Waals surface area (Å²) < 4.78 is 15.1. The van der Waals surface area contributed by atoms with Crippen molar-refractivity contribution in [1.82, 2.24) is 5.32 Å². The van der Waals surface area contributed by atoms with E-state index < -0.39 is 11.9 Å². The van der Waals surface area contributed by atoms with Gasteiger partial charge in [0.05, 0.1) is 32.8 Å². The van der Waals surface area contributed by atoms with Crippen LogP contribution >= 0.6 is 0 Å². The summed E-state index contributed by atoms with van der Waals surface area (Å²) in [6, 6.07) is 7.51. The summed E-state index contributed by atoms with van der Waals surface area (Å²) in [7, 11) is 2.50. The average Bonchev–Trinajstić information content (AvgIpc) is 2.78. The standard InChI is InChI=1S/C22H28N2O6/c1-28-21(26)18-13-30-14-24(20(18)22(27)29-2)17-10-8-15(9-11-17)12-19(25)23-16-6-4-3-5-7-16/h8-11,16H,3-7,12-14H2,1-2H3,(H,23,25). The highest BCUT2D eigenvalue weighted by atomic mass is 16.5. The van der Waals surface area contributed by atoms with E-state index in [1.807, 2.05) is 12.1 Å². The number of esters is 2. The van der Waals surface area contributed by atoms with Crippen LogP contribution in [0.3, 0.4) is 0 Å². The van der Waals surface area contributed by atoms with Crippen LogP contribution in [0.25, 0.3) is 0 Å². The van der Waals surface area contributed by atoms with Gasteiger partial charge in [-0.1, -0.05) is 31.4 Å². The summed E-state index contributed by atoms with van der Waals surface area (Å²) in [6.45, 7) is 0.0550. The first-order valence-electron chi connectivity index (χ1n) is 10.2. The lowest BCUT2D eigenvalue weighted by atomic mass is 9.95. The molecule has 3 rings (SSSR count). The number of benzene rings is 1. The molecule has 0 unspecified atom stereocenters. The zero-order valence-corrected chi connectivity index (χ0v) is 17.4. The summed E-state index contributed by atoms with van der Waals surface area (Å²) >= 11 is 0. The fourth-order valence-corrected chi connectivity index (χ4v) is 3.85. The maximum absolute atomic E-state index is 12.3. The molecule has 8 nitrogen and oxygen atoms in total. The molecule has 1 heterocycles. The minimum absolute atomic E-state index is 0.0130. The number of nitrogens with zero attached hydrogens (tertiary/aromatic N) is 1. The van der Waals surface area contributed by atoms with Gasteiger partial charge in [-0.2, -0.15) is 0 Å². The van der Waals surface area contributed by atoms with Crippen molar-refractivity contribution in [2.24, 2.45) is 0 Å². The van der Waals surface area contributed by atoms with Crippen molar-refractivity contribution in [2.75, 3.05) is 32.5 Å². The lowest BCUT2D eigenvalue weighted by molar-refractivity contribution is -0.140. The van der Waals surface area contributed by atoms with E-state index in [0.717, 1.165) is 18.4 Å². The molecule has 0 saturated heterocycles. The molecule has 1 saturated carbocycles. The molecule has 1 fully saturated rings. The first-order chi connectivity index (χ1) is 14.5. The molecule has 1 N–H and O–H groups in total. The number of rotatable bonds is 6. The number of carbonyl (C=O) groups is 3. The third-order valence-electron chi connectivity index (χ3n) is 5.42. The summed E-state index contributed by atoms with van der Waals surface area (Å²) in [5, 5.41) is 3.11. The molecule has 30 heavy (non-hydrogen) atoms. The van der Waals surface area contributed by atoms with Gasteiger partial charge >= 0.3 is 11.9 Å². The number of carbonyl (C=O) groups excluding carboxylic acids is 3. The van der Waals surface area contributed by atoms with E-state index in [0.29, 0.717) is 12.1 Å². The molecule has 0 aromatic heterocycles. The molecule has 2 aliphatic rings. The highest BCUT2D eigenvalue weighted by Gasteiger charge is 2.32. The van der Waals surface area contributed by atoms with Crippen molar-refractivity contribution >= 4 is 23.5 Å². The Kier molecular flexibility index (Phi) is 7.46. The number of hydrogen-bond donors (Lipinski definition) is 1. The summed E-state index contributed by atoms with van der Waals surface area (Å²) in [4.78, 5) is 38.3. The summed E-state index contributed by atoms with van der Waals surface area (Å²) in [5.41, 5.74) is 1.71. The predicted octanol–water partition coefficient (Wildman–Crippen LogP) is 2.07. The number of nitrogens with one attached hydrogen (secondary N) is 1. The molecule has 162 valence electrons. The van der Waals surface area contributed by atoms with Crippen LogP contribution in [0.4, 0.5) is 5.69 Å². The van der Waals surface area contributed by atoms with Gasteiger partial charge < -0.3 is 24.4 Å². The largest absolute Gasteiger partial charge is 0.466 e. The zero-order chi connectivity index (χ0) is 21.5. The van der Waals surface area contributed by atoms with Crippen molar-refractivity contribution < 1.29 is 28.6 Å². The number of hydrogen-bond acceptors (Lipinski definition) is 7. The molecule has 1 aromatic rings. The Morgan fingerprint density at radius 3 is 2.33 bits per heavy atom. The number of anilines is 1. The molecular weight excluding hydrogens is 388 g/mol. The van der Waals surface area contributed by atoms with Gasteiger partial charge in [-0.15, -0.1) is 0 Å². The monoisotopic (exact) mass is 416 g/mol. The van der Waals surface area contributed by atoms with Gasteiger partial charge in [0.15, 0.2) is 0 Å². The van der Waals surface area contributed by atoms with Crippen molar-refractivity contribution in [3.8, 4) is 0 Å². The molecule has 0 atom stereocenters. The predicted molar refractivity (Wildman–Crippen MR) is 110 cm³/mol. The summed E-state index contributed by atoms with van der Waals surface area (Å²) in [5.74, 6) is -1.27. The first kappa shape index (κ1) is 21.8. The molecule has 1 aromatic carbocycles. The molecule has 8 heteroatoms. The van der Waals surface area contributed by atoms with Gasteiger partial charge in [0.2, 0.25) is 5.91 Å². The third kappa shape index (κ3) is 5.18. The van der Waals surface area contributed by atoms with E-state index in [1.54, 1.807) is 17.0 Å². The first-order valence-corrected chi connectivity index (χ1v) is 10.2. The second-order valence-electron chi connectivity index (χ2n) is 7.46. The van der Waals surface area contributed by atoms with Gasteiger partial charge in [0.1, 0.15) is 12.4 Å². The fraction of sp³-hybridized carbons (Fsp3) is 0.500. The maximum atomic E-state index is 12.3. The molecule has 0 spiro atoms.